The van der Waals surface area contributed by atoms with Crippen LogP contribution in [0.2, 0.25) is 18.6 Å². The van der Waals surface area contributed by atoms with Crippen molar-refractivity contribution in [1.29, 1.82) is 0 Å². The molecule has 3 aromatic carbocycles. The predicted octanol–water partition coefficient (Wildman–Crippen LogP) is 6.90. The number of halogens is 1. The highest BCUT2D eigenvalue weighted by Crippen LogP contribution is 2.60. The number of carbonyl (C=O) groups is 2. The quantitative estimate of drug-likeness (QED) is 0.168. The first-order valence-electron chi connectivity index (χ1n) is 18.5. The lowest BCUT2D eigenvalue weighted by Gasteiger charge is -2.32. The van der Waals surface area contributed by atoms with Crippen LogP contribution in [-0.4, -0.2) is 64.3 Å². The van der Waals surface area contributed by atoms with Crippen molar-refractivity contribution in [1.82, 2.24) is 15.0 Å². The second-order valence-electron chi connectivity index (χ2n) is 15.1. The molecule has 1 spiro atoms. The molecule has 52 heavy (non-hydrogen) atoms. The lowest BCUT2D eigenvalue weighted by Crippen LogP contribution is -2.46. The van der Waals surface area contributed by atoms with E-state index >= 15 is 0 Å². The van der Waals surface area contributed by atoms with Crippen molar-refractivity contribution in [3.63, 3.8) is 0 Å². The zero-order valence-electron chi connectivity index (χ0n) is 30.1. The number of aliphatic hydroxyl groups excluding tert-OH is 1. The smallest absolute Gasteiger partial charge is 0.264 e. The van der Waals surface area contributed by atoms with E-state index in [-0.39, 0.29) is 35.8 Å². The van der Waals surface area contributed by atoms with E-state index in [4.69, 9.17) is 4.74 Å². The molecule has 0 radical (unpaired) electrons. The Labute approximate surface area is 315 Å². The summed E-state index contributed by atoms with van der Waals surface area (Å²) < 4.78 is 9.67. The Morgan fingerprint density at radius 2 is 1.81 bits per heavy atom. The molecule has 0 bridgehead atoms. The third-order valence-corrected chi connectivity index (χ3v) is 14.3. The molecule has 7 rings (SSSR count). The first kappa shape index (κ1) is 36.7. The molecule has 274 valence electrons. The number of hydrogen-bond donors (Lipinski definition) is 2. The molecule has 2 saturated heterocycles. The van der Waals surface area contributed by atoms with Crippen molar-refractivity contribution < 1.29 is 24.2 Å². The topological polar surface area (TPSA) is 121 Å². The Morgan fingerprint density at radius 3 is 2.58 bits per heavy atom. The Bertz CT molecular complexity index is 1920. The summed E-state index contributed by atoms with van der Waals surface area (Å²) in [5, 5.41) is 19.0. The van der Waals surface area contributed by atoms with Gasteiger partial charge in [0.15, 0.2) is 13.9 Å². The minimum absolute atomic E-state index is 0.0882. The second-order valence-corrected chi connectivity index (χ2v) is 20.0. The summed E-state index contributed by atoms with van der Waals surface area (Å²) in [5.41, 5.74) is 3.53. The lowest BCUT2D eigenvalue weighted by atomic mass is 9.82. The largest absolute Gasteiger partial charge is 0.432 e. The fraction of sp³-hybridized carbons (Fsp3) is 0.450. The maximum Gasteiger partial charge on any atom is 0.264 e. The van der Waals surface area contributed by atoms with Gasteiger partial charge >= 0.3 is 0 Å². The van der Waals surface area contributed by atoms with E-state index in [2.05, 4.69) is 33.2 Å². The van der Waals surface area contributed by atoms with Gasteiger partial charge in [0.2, 0.25) is 5.91 Å². The van der Waals surface area contributed by atoms with E-state index in [1.165, 1.54) is 0 Å². The molecule has 3 aliphatic heterocycles. The molecule has 1 unspecified atom stereocenters. The number of rotatable bonds is 10. The zero-order valence-corrected chi connectivity index (χ0v) is 32.7. The number of aliphatic hydroxyl groups is 1. The van der Waals surface area contributed by atoms with E-state index in [1.807, 2.05) is 102 Å². The number of fused-ring (bicyclic) bond motifs is 2. The van der Waals surface area contributed by atoms with Gasteiger partial charge in [0.25, 0.3) is 5.91 Å². The Balaban J connectivity index is 1.16. The molecule has 2 N–H and O–H groups in total. The van der Waals surface area contributed by atoms with Crippen LogP contribution < -0.4 is 9.80 Å². The van der Waals surface area contributed by atoms with Gasteiger partial charge in [-0.1, -0.05) is 83.4 Å². The second kappa shape index (κ2) is 15.0. The minimum atomic E-state index is -2.87. The van der Waals surface area contributed by atoms with Crippen molar-refractivity contribution in [3.05, 3.63) is 106 Å². The van der Waals surface area contributed by atoms with Gasteiger partial charge in [-0.25, -0.2) is 0 Å². The number of hydrogen-bond acceptors (Lipinski definition) is 7. The number of aryl methyl sites for hydroxylation is 1. The van der Waals surface area contributed by atoms with Crippen molar-refractivity contribution in [2.75, 3.05) is 23.0 Å². The van der Waals surface area contributed by atoms with Crippen LogP contribution in [0, 0.1) is 5.92 Å². The van der Waals surface area contributed by atoms with E-state index in [1.54, 1.807) is 4.68 Å². The SMILES string of the molecule is C[C@H]1[C@H]([Si](C)(C)O)[C@@H](CCn2cc(C(CO)c3ccccc3)nn2)O[C@]12C(=O)N(Cc1cccc(N3CCCCCCC3=O)c1)c1ccc(Br)cc12. The molecule has 2 amide bonds. The molecule has 1 aromatic heterocycles. The molecule has 0 aliphatic carbocycles. The van der Waals surface area contributed by atoms with Crippen LogP contribution >= 0.6 is 15.9 Å². The van der Waals surface area contributed by atoms with Gasteiger partial charge in [0.05, 0.1) is 36.6 Å². The van der Waals surface area contributed by atoms with Crippen molar-refractivity contribution >= 4 is 47.4 Å². The van der Waals surface area contributed by atoms with Crippen LogP contribution in [0.15, 0.2) is 83.5 Å². The fourth-order valence-corrected chi connectivity index (χ4v) is 11.8. The first-order valence-corrected chi connectivity index (χ1v) is 22.3. The summed E-state index contributed by atoms with van der Waals surface area (Å²) in [6.07, 6.45) is 6.63. The Kier molecular flexibility index (Phi) is 10.6. The summed E-state index contributed by atoms with van der Waals surface area (Å²) in [4.78, 5) is 43.5. The number of benzene rings is 3. The first-order chi connectivity index (χ1) is 25.0. The summed E-state index contributed by atoms with van der Waals surface area (Å²) in [5.74, 6) is -0.577. The van der Waals surface area contributed by atoms with Crippen LogP contribution in [0.5, 0.6) is 0 Å². The van der Waals surface area contributed by atoms with Gasteiger partial charge in [-0.3, -0.25) is 14.3 Å². The number of carbonyl (C=O) groups excluding carboxylic acids is 2. The number of nitrogens with zero attached hydrogens (tertiary/aromatic N) is 5. The summed E-state index contributed by atoms with van der Waals surface area (Å²) >= 11 is 3.66. The van der Waals surface area contributed by atoms with Crippen LogP contribution in [-0.2, 0) is 33.0 Å². The molecule has 4 heterocycles. The van der Waals surface area contributed by atoms with Crippen molar-refractivity contribution in [2.24, 2.45) is 5.92 Å². The lowest BCUT2D eigenvalue weighted by molar-refractivity contribution is -0.146. The van der Waals surface area contributed by atoms with Crippen LogP contribution in [0.25, 0.3) is 0 Å². The van der Waals surface area contributed by atoms with E-state index < -0.39 is 20.0 Å². The third kappa shape index (κ3) is 6.91. The molecular weight excluding hydrogens is 738 g/mol. The average Bonchev–Trinajstić information content (AvgIpc) is 3.77. The molecule has 4 aromatic rings. The van der Waals surface area contributed by atoms with Crippen molar-refractivity contribution in [3.8, 4) is 0 Å². The van der Waals surface area contributed by atoms with E-state index in [0.717, 1.165) is 58.2 Å². The summed E-state index contributed by atoms with van der Waals surface area (Å²) in [7, 11) is -2.87. The van der Waals surface area contributed by atoms with Gasteiger partial charge in [-0.05, 0) is 73.8 Å². The molecule has 0 saturated carbocycles. The molecule has 2 fully saturated rings. The normalized spacial score (nSPS) is 24.3. The maximum absolute atomic E-state index is 15.0. The van der Waals surface area contributed by atoms with Gasteiger partial charge in [-0.2, -0.15) is 0 Å². The number of anilines is 2. The Morgan fingerprint density at radius 1 is 1.02 bits per heavy atom. The highest BCUT2D eigenvalue weighted by molar-refractivity contribution is 9.10. The Hall–Kier alpha value is -3.68. The van der Waals surface area contributed by atoms with Gasteiger partial charge in [0.1, 0.15) is 0 Å². The maximum atomic E-state index is 15.0. The third-order valence-electron chi connectivity index (χ3n) is 11.3. The minimum Gasteiger partial charge on any atom is -0.432 e. The summed E-state index contributed by atoms with van der Waals surface area (Å²) in [6, 6.07) is 23.7. The molecule has 10 nitrogen and oxygen atoms in total. The fourth-order valence-electron chi connectivity index (χ4n) is 8.81. The van der Waals surface area contributed by atoms with E-state index in [9.17, 15) is 19.5 Å². The molecule has 5 atom stereocenters. The van der Waals surface area contributed by atoms with Gasteiger partial charge in [0, 0.05) is 52.9 Å². The van der Waals surface area contributed by atoms with Crippen molar-refractivity contribution in [2.45, 2.75) is 94.8 Å². The van der Waals surface area contributed by atoms with Gasteiger partial charge in [-0.15, -0.1) is 5.10 Å². The molecule has 12 heteroatoms. The monoisotopic (exact) mass is 785 g/mol. The van der Waals surface area contributed by atoms with Crippen LogP contribution in [0.4, 0.5) is 11.4 Å². The van der Waals surface area contributed by atoms with Gasteiger partial charge < -0.3 is 24.4 Å². The van der Waals surface area contributed by atoms with Crippen LogP contribution in [0.1, 0.15) is 73.8 Å². The van der Waals surface area contributed by atoms with Crippen LogP contribution in [0.3, 0.4) is 0 Å². The highest BCUT2D eigenvalue weighted by atomic mass is 79.9. The van der Waals surface area contributed by atoms with E-state index in [0.29, 0.717) is 38.2 Å². The average molecular weight is 787 g/mol. The standard InChI is InChI=1S/C40H48BrN5O5Si/c1-27-38(52(2,3)50)36(19-21-44-25-34(42-43-44)32(26-47)29-13-7-6-8-14-29)51-40(27)33-23-30(41)17-18-35(33)46(39(40)49)24-28-12-11-15-31(22-28)45-20-10-5-4-9-16-37(45)48/h6-8,11-15,17-18,22-23,25,27,32,36,38,47,50H,4-5,9-10,16,19-21,24,26H2,1-3H3/t27-,32?,36+,38-,40+/m0/s1. The highest BCUT2D eigenvalue weighted by Gasteiger charge is 2.66. The number of amides is 2. The predicted molar refractivity (Wildman–Crippen MR) is 206 cm³/mol. The molecular formula is C40H48BrN5O5Si. The zero-order chi connectivity index (χ0) is 36.6. The number of ether oxygens (including phenoxy) is 1. The summed E-state index contributed by atoms with van der Waals surface area (Å²) in [6.45, 7) is 7.32. The molecule has 3 aliphatic rings. The number of aromatic nitrogens is 3.